The van der Waals surface area contributed by atoms with Crippen molar-refractivity contribution in [3.05, 3.63) is 400 Å². The molecule has 22 aromatic rings. The molecule has 0 aliphatic carbocycles. The maximum atomic E-state index is 6.25. The molecule has 8 heteroatoms. The number of benzene rings is 16. The first kappa shape index (κ1) is 65.2. The number of hydrogen-bond acceptors (Lipinski definition) is 6. The largest absolute Gasteiger partial charge is 0.456 e. The summed E-state index contributed by atoms with van der Waals surface area (Å²) in [6.45, 7) is 0. The van der Waals surface area contributed by atoms with Crippen LogP contribution < -0.4 is 0 Å². The number of aromatic nitrogens is 6. The van der Waals surface area contributed by atoms with Gasteiger partial charge in [-0.2, -0.15) is 0 Å². The van der Waals surface area contributed by atoms with E-state index in [2.05, 4.69) is 312 Å². The normalized spacial score (nSPS) is 11.6. The number of rotatable bonds is 12. The Kier molecular flexibility index (Phi) is 16.1. The van der Waals surface area contributed by atoms with E-state index in [1.807, 2.05) is 97.1 Å². The predicted molar refractivity (Wildman–Crippen MR) is 462 cm³/mol. The molecule has 0 unspecified atom stereocenters. The van der Waals surface area contributed by atoms with Crippen LogP contribution in [0.5, 0.6) is 0 Å². The average Bonchev–Trinajstić information content (AvgIpc) is 1.59. The average molecular weight is 1430 g/mol. The summed E-state index contributed by atoms with van der Waals surface area (Å²) in [4.78, 5) is 20.3. The first-order chi connectivity index (χ1) is 55.5. The lowest BCUT2D eigenvalue weighted by Crippen LogP contribution is -1.96. The Hall–Kier alpha value is -15.1. The molecule has 0 fully saturated rings. The zero-order valence-electron chi connectivity index (χ0n) is 60.6. The lowest BCUT2D eigenvalue weighted by atomic mass is 9.99. The Morgan fingerprint density at radius 1 is 0.179 bits per heavy atom. The van der Waals surface area contributed by atoms with Gasteiger partial charge in [-0.05, 0) is 148 Å². The second kappa shape index (κ2) is 27.6. The molecule has 0 amide bonds. The Balaban J connectivity index is 0.000000141. The summed E-state index contributed by atoms with van der Waals surface area (Å²) >= 11 is 0. The van der Waals surface area contributed by atoms with E-state index in [1.54, 1.807) is 0 Å². The van der Waals surface area contributed by atoms with Gasteiger partial charge in [-0.1, -0.05) is 297 Å². The molecule has 8 nitrogen and oxygen atoms in total. The minimum atomic E-state index is 0.698. The second-order valence-corrected chi connectivity index (χ2v) is 28.4. The van der Waals surface area contributed by atoms with E-state index in [4.69, 9.17) is 28.8 Å². The van der Waals surface area contributed by atoms with Crippen LogP contribution in [0, 0.1) is 0 Å². The van der Waals surface area contributed by atoms with Crippen molar-refractivity contribution in [1.82, 2.24) is 29.1 Å². The standard InChI is InChI=1S/2C52H33N3O/c1-3-14-34(15-4-1)45-33-46(35-16-5-2-6-17-35)54-52(53-45)39-20-11-18-36(30-39)37-28-29-48-44(32-37)42-22-7-9-25-47(42)55(48)40-21-12-19-38(31-40)41-24-13-27-50-51(41)43-23-8-10-26-49(43)56-50;1-3-13-35(14-4-1)45-33-46(36-15-5-2-6-16-36)54-52(53-45)37-27-25-34(26-28-37)38-29-30-48-44(32-38)42-19-7-9-22-47(42)55(48)40-18-11-17-39(31-40)41-21-12-24-50-51(41)43-20-8-10-23-49(43)56-50/h2*1-33H. The summed E-state index contributed by atoms with van der Waals surface area (Å²) in [5, 5.41) is 9.38. The molecular formula is C104H66N6O2. The monoisotopic (exact) mass is 1430 g/mol. The summed E-state index contributed by atoms with van der Waals surface area (Å²) in [5.41, 5.74) is 29.4. The topological polar surface area (TPSA) is 87.7 Å². The Morgan fingerprint density at radius 3 is 0.946 bits per heavy atom. The smallest absolute Gasteiger partial charge is 0.160 e. The van der Waals surface area contributed by atoms with E-state index in [-0.39, 0.29) is 0 Å². The van der Waals surface area contributed by atoms with Crippen LogP contribution in [-0.2, 0) is 0 Å². The van der Waals surface area contributed by atoms with Crippen molar-refractivity contribution in [2.75, 3.05) is 0 Å². The molecule has 0 aliphatic rings. The van der Waals surface area contributed by atoms with Crippen LogP contribution in [0.25, 0.3) is 211 Å². The number of fused-ring (bicyclic) bond motifs is 12. The number of hydrogen-bond donors (Lipinski definition) is 0. The van der Waals surface area contributed by atoms with E-state index >= 15 is 0 Å². The van der Waals surface area contributed by atoms with E-state index < -0.39 is 0 Å². The summed E-state index contributed by atoms with van der Waals surface area (Å²) in [7, 11) is 0. The molecule has 0 saturated carbocycles. The van der Waals surface area contributed by atoms with E-state index in [9.17, 15) is 0 Å². The minimum absolute atomic E-state index is 0.698. The van der Waals surface area contributed by atoms with Gasteiger partial charge in [0.1, 0.15) is 22.3 Å². The SMILES string of the molecule is c1ccc(-c2cc(-c3ccccc3)nc(-c3ccc(-c4ccc5c(c4)c4ccccc4n5-c4cccc(-c5cccc6oc7ccccc7c56)c4)cc3)n2)cc1.c1ccc(-c2cc(-c3ccccc3)nc(-c3cccc(-c4ccc5c(c4)c4ccccc4n5-c4cccc(-c5cccc6oc7ccccc7c56)c4)c3)n2)cc1. The van der Waals surface area contributed by atoms with Crippen molar-refractivity contribution in [1.29, 1.82) is 0 Å². The third-order valence-electron chi connectivity index (χ3n) is 21.6. The van der Waals surface area contributed by atoms with Gasteiger partial charge in [0, 0.05) is 87.8 Å². The molecule has 22 rings (SSSR count). The van der Waals surface area contributed by atoms with Crippen molar-refractivity contribution in [3.63, 3.8) is 0 Å². The molecule has 112 heavy (non-hydrogen) atoms. The molecular weight excluding hydrogens is 1370 g/mol. The summed E-state index contributed by atoms with van der Waals surface area (Å²) < 4.78 is 17.3. The van der Waals surface area contributed by atoms with E-state index in [1.165, 1.54) is 27.1 Å². The quantitative estimate of drug-likeness (QED) is 0.121. The Labute approximate surface area is 645 Å². The van der Waals surface area contributed by atoms with Crippen LogP contribution in [0.3, 0.4) is 0 Å². The number of furan rings is 2. The maximum Gasteiger partial charge on any atom is 0.160 e. The van der Waals surface area contributed by atoms with E-state index in [0.29, 0.717) is 11.6 Å². The minimum Gasteiger partial charge on any atom is -0.456 e. The third-order valence-corrected chi connectivity index (χ3v) is 21.6. The van der Waals surface area contributed by atoms with Crippen LogP contribution in [0.15, 0.2) is 409 Å². The highest BCUT2D eigenvalue weighted by atomic mass is 16.3. The van der Waals surface area contributed by atoms with Crippen molar-refractivity contribution in [3.8, 4) is 124 Å². The van der Waals surface area contributed by atoms with Gasteiger partial charge >= 0.3 is 0 Å². The first-order valence-corrected chi connectivity index (χ1v) is 37.8. The van der Waals surface area contributed by atoms with Gasteiger partial charge in [0.2, 0.25) is 0 Å². The molecule has 0 saturated heterocycles. The fourth-order valence-corrected chi connectivity index (χ4v) is 16.3. The zero-order valence-corrected chi connectivity index (χ0v) is 60.6. The van der Waals surface area contributed by atoms with Crippen molar-refractivity contribution >= 4 is 87.5 Å². The summed E-state index contributed by atoms with van der Waals surface area (Å²) in [6.07, 6.45) is 0. The summed E-state index contributed by atoms with van der Waals surface area (Å²) in [5.74, 6) is 1.40. The lowest BCUT2D eigenvalue weighted by molar-refractivity contribution is 0.668. The third kappa shape index (κ3) is 11.7. The molecule has 0 bridgehead atoms. The van der Waals surface area contributed by atoms with Gasteiger partial charge in [-0.3, -0.25) is 0 Å². The highest BCUT2D eigenvalue weighted by Crippen LogP contribution is 2.44. The number of nitrogens with zero attached hydrogens (tertiary/aromatic N) is 6. The Morgan fingerprint density at radius 2 is 0.491 bits per heavy atom. The van der Waals surface area contributed by atoms with Crippen molar-refractivity contribution in [2.24, 2.45) is 0 Å². The highest BCUT2D eigenvalue weighted by molar-refractivity contribution is 6.15. The van der Waals surface area contributed by atoms with Gasteiger partial charge in [-0.25, -0.2) is 19.9 Å². The molecule has 6 aromatic heterocycles. The van der Waals surface area contributed by atoms with Gasteiger partial charge in [0.15, 0.2) is 11.6 Å². The van der Waals surface area contributed by atoms with Crippen molar-refractivity contribution < 1.29 is 8.83 Å². The van der Waals surface area contributed by atoms with Gasteiger partial charge in [-0.15, -0.1) is 0 Å². The van der Waals surface area contributed by atoms with Crippen LogP contribution in [0.1, 0.15) is 0 Å². The van der Waals surface area contributed by atoms with E-state index in [0.717, 1.165) is 172 Å². The molecule has 0 spiro atoms. The van der Waals surface area contributed by atoms with Gasteiger partial charge in [0.25, 0.3) is 0 Å². The number of para-hydroxylation sites is 4. The molecule has 6 heterocycles. The first-order valence-electron chi connectivity index (χ1n) is 37.8. The van der Waals surface area contributed by atoms with Crippen molar-refractivity contribution in [2.45, 2.75) is 0 Å². The zero-order chi connectivity index (χ0) is 74.0. The fourth-order valence-electron chi connectivity index (χ4n) is 16.3. The lowest BCUT2D eigenvalue weighted by Gasteiger charge is -2.12. The van der Waals surface area contributed by atoms with Crippen LogP contribution in [-0.4, -0.2) is 29.1 Å². The summed E-state index contributed by atoms with van der Waals surface area (Å²) in [6, 6.07) is 141. The maximum absolute atomic E-state index is 6.25. The van der Waals surface area contributed by atoms with Crippen LogP contribution >= 0.6 is 0 Å². The highest BCUT2D eigenvalue weighted by Gasteiger charge is 2.21. The molecule has 0 atom stereocenters. The molecule has 524 valence electrons. The molecule has 0 aliphatic heterocycles. The van der Waals surface area contributed by atoms with Gasteiger partial charge < -0.3 is 18.0 Å². The molecule has 0 N–H and O–H groups in total. The molecule has 16 aromatic carbocycles. The fraction of sp³-hybridized carbons (Fsp3) is 0. The Bertz CT molecular complexity index is 7250. The second-order valence-electron chi connectivity index (χ2n) is 28.4. The van der Waals surface area contributed by atoms with Crippen LogP contribution in [0.4, 0.5) is 0 Å². The predicted octanol–water partition coefficient (Wildman–Crippen LogP) is 27.6. The van der Waals surface area contributed by atoms with Gasteiger partial charge in [0.05, 0.1) is 44.8 Å². The molecule has 0 radical (unpaired) electrons. The van der Waals surface area contributed by atoms with Crippen LogP contribution in [0.2, 0.25) is 0 Å².